The fraction of sp³-hybridized carbons (Fsp3) is 0.533. The third-order valence-corrected chi connectivity index (χ3v) is 7.05. The van der Waals surface area contributed by atoms with Crippen molar-refractivity contribution in [3.8, 4) is 16.9 Å². The van der Waals surface area contributed by atoms with Crippen LogP contribution >= 0.6 is 0 Å². The van der Waals surface area contributed by atoms with Gasteiger partial charge in [0.1, 0.15) is 17.0 Å². The number of benzene rings is 2. The van der Waals surface area contributed by atoms with Crippen LogP contribution in [-0.2, 0) is 9.47 Å². The van der Waals surface area contributed by atoms with Crippen LogP contribution in [0.1, 0.15) is 82.6 Å². The van der Waals surface area contributed by atoms with Crippen LogP contribution in [0.15, 0.2) is 42.5 Å². The molecule has 1 aliphatic heterocycles. The Bertz CT molecular complexity index is 1120. The second kappa shape index (κ2) is 9.45. The highest BCUT2D eigenvalue weighted by molar-refractivity contribution is 5.94. The van der Waals surface area contributed by atoms with Gasteiger partial charge in [0, 0.05) is 18.7 Å². The van der Waals surface area contributed by atoms with Crippen molar-refractivity contribution in [3.05, 3.63) is 53.6 Å². The minimum atomic E-state index is -0.596. The van der Waals surface area contributed by atoms with Crippen LogP contribution in [0.3, 0.4) is 0 Å². The molecular weight excluding hydrogens is 454 g/mol. The average molecular weight is 494 g/mol. The summed E-state index contributed by atoms with van der Waals surface area (Å²) in [5.41, 5.74) is 2.41. The monoisotopic (exact) mass is 493 g/mol. The highest BCUT2D eigenvalue weighted by Crippen LogP contribution is 2.66. The Balaban J connectivity index is 1.63. The van der Waals surface area contributed by atoms with Gasteiger partial charge in [0.25, 0.3) is 0 Å². The molecular formula is C30H39NO5. The maximum absolute atomic E-state index is 13.4. The molecule has 1 saturated heterocycles. The van der Waals surface area contributed by atoms with Gasteiger partial charge in [-0.3, -0.25) is 0 Å². The van der Waals surface area contributed by atoms with E-state index in [0.29, 0.717) is 18.7 Å². The molecule has 0 radical (unpaired) electrons. The molecule has 4 rings (SSSR count). The van der Waals surface area contributed by atoms with Crippen LogP contribution in [-0.4, -0.2) is 48.4 Å². The topological polar surface area (TPSA) is 65.1 Å². The van der Waals surface area contributed by atoms with Crippen LogP contribution in [0, 0.1) is 5.41 Å². The van der Waals surface area contributed by atoms with Crippen molar-refractivity contribution >= 4 is 12.1 Å². The van der Waals surface area contributed by atoms with E-state index in [2.05, 4.69) is 0 Å². The standard InChI is InChI=1S/C30H39NO5/c1-28(2,3)35-26(32)23-17-21(20-11-9-8-10-12-20)25(34-7)18-22(23)24-19-30(24)13-15-31(16-14-30)27(33)36-29(4,5)6/h8-12,17-18,24H,13-16,19H2,1-7H3. The number of hydrogen-bond donors (Lipinski definition) is 0. The molecule has 2 aliphatic rings. The number of likely N-dealkylation sites (tertiary alicyclic amines) is 1. The largest absolute Gasteiger partial charge is 0.496 e. The summed E-state index contributed by atoms with van der Waals surface area (Å²) in [5.74, 6) is 0.654. The number of carbonyl (C=O) groups excluding carboxylic acids is 2. The minimum Gasteiger partial charge on any atom is -0.496 e. The van der Waals surface area contributed by atoms with Crippen molar-refractivity contribution in [2.75, 3.05) is 20.2 Å². The van der Waals surface area contributed by atoms with Gasteiger partial charge in [-0.2, -0.15) is 0 Å². The van der Waals surface area contributed by atoms with Gasteiger partial charge in [0.15, 0.2) is 0 Å². The summed E-state index contributed by atoms with van der Waals surface area (Å²) in [5, 5.41) is 0. The van der Waals surface area contributed by atoms with Crippen molar-refractivity contribution in [1.82, 2.24) is 4.90 Å². The molecule has 1 heterocycles. The number of rotatable bonds is 4. The maximum atomic E-state index is 13.4. The van der Waals surface area contributed by atoms with E-state index in [0.717, 1.165) is 41.7 Å². The Hall–Kier alpha value is -3.02. The number of nitrogens with zero attached hydrogens (tertiary/aromatic N) is 1. The summed E-state index contributed by atoms with van der Waals surface area (Å²) in [6.45, 7) is 12.6. The summed E-state index contributed by atoms with van der Waals surface area (Å²) >= 11 is 0. The molecule has 2 aromatic carbocycles. The molecule has 1 unspecified atom stereocenters. The summed E-state index contributed by atoms with van der Waals surface area (Å²) in [6.07, 6.45) is 2.50. The van der Waals surface area contributed by atoms with E-state index < -0.39 is 11.2 Å². The fourth-order valence-corrected chi connectivity index (χ4v) is 5.21. The lowest BCUT2D eigenvalue weighted by Gasteiger charge is -2.34. The Kier molecular flexibility index (Phi) is 6.84. The maximum Gasteiger partial charge on any atom is 0.410 e. The predicted molar refractivity (Wildman–Crippen MR) is 140 cm³/mol. The molecule has 1 spiro atoms. The first-order valence-corrected chi connectivity index (χ1v) is 12.8. The molecule has 1 atom stereocenters. The van der Waals surface area contributed by atoms with E-state index in [9.17, 15) is 9.59 Å². The molecule has 1 aliphatic carbocycles. The zero-order chi connectivity index (χ0) is 26.3. The SMILES string of the molecule is COc1cc(C2CC23CCN(C(=O)OC(C)(C)C)CC3)c(C(=O)OC(C)(C)C)cc1-c1ccccc1. The predicted octanol–water partition coefficient (Wildman–Crippen LogP) is 6.82. The van der Waals surface area contributed by atoms with E-state index >= 15 is 0 Å². The van der Waals surface area contributed by atoms with Gasteiger partial charge >= 0.3 is 12.1 Å². The molecule has 1 saturated carbocycles. The molecule has 1 amide bonds. The van der Waals surface area contributed by atoms with E-state index in [-0.39, 0.29) is 23.4 Å². The van der Waals surface area contributed by atoms with Crippen LogP contribution in [0.2, 0.25) is 0 Å². The average Bonchev–Trinajstić information content (AvgIpc) is 3.49. The van der Waals surface area contributed by atoms with Gasteiger partial charge in [0.05, 0.1) is 12.7 Å². The third kappa shape index (κ3) is 5.69. The van der Waals surface area contributed by atoms with Gasteiger partial charge in [-0.1, -0.05) is 30.3 Å². The second-order valence-electron chi connectivity index (χ2n) is 12.1. The lowest BCUT2D eigenvalue weighted by molar-refractivity contribution is 0.00678. The van der Waals surface area contributed by atoms with E-state index in [1.54, 1.807) is 12.0 Å². The van der Waals surface area contributed by atoms with Crippen molar-refractivity contribution in [1.29, 1.82) is 0 Å². The second-order valence-corrected chi connectivity index (χ2v) is 12.1. The zero-order valence-corrected chi connectivity index (χ0v) is 22.6. The van der Waals surface area contributed by atoms with Crippen molar-refractivity contribution in [3.63, 3.8) is 0 Å². The molecule has 36 heavy (non-hydrogen) atoms. The molecule has 2 aromatic rings. The van der Waals surface area contributed by atoms with Gasteiger partial charge in [-0.25, -0.2) is 9.59 Å². The van der Waals surface area contributed by atoms with Crippen molar-refractivity contribution in [2.24, 2.45) is 5.41 Å². The lowest BCUT2D eigenvalue weighted by Crippen LogP contribution is -2.42. The Morgan fingerprint density at radius 2 is 1.53 bits per heavy atom. The highest BCUT2D eigenvalue weighted by atomic mass is 16.6. The quantitative estimate of drug-likeness (QED) is 0.437. The number of piperidine rings is 1. The summed E-state index contributed by atoms with van der Waals surface area (Å²) < 4.78 is 17.2. The lowest BCUT2D eigenvalue weighted by atomic mass is 9.86. The summed E-state index contributed by atoms with van der Waals surface area (Å²) in [7, 11) is 1.67. The van der Waals surface area contributed by atoms with Gasteiger partial charge < -0.3 is 19.1 Å². The van der Waals surface area contributed by atoms with Gasteiger partial charge in [-0.05, 0) is 95.4 Å². The molecule has 6 heteroatoms. The molecule has 194 valence electrons. The van der Waals surface area contributed by atoms with Crippen LogP contribution in [0.5, 0.6) is 5.75 Å². The third-order valence-electron chi connectivity index (χ3n) is 7.05. The Labute approximate surface area is 214 Å². The molecule has 0 aromatic heterocycles. The van der Waals surface area contributed by atoms with Crippen LogP contribution < -0.4 is 4.74 Å². The molecule has 0 N–H and O–H groups in total. The Morgan fingerprint density at radius 3 is 2.08 bits per heavy atom. The first-order valence-electron chi connectivity index (χ1n) is 12.8. The van der Waals surface area contributed by atoms with Crippen molar-refractivity contribution < 1.29 is 23.8 Å². The normalized spacial score (nSPS) is 19.1. The zero-order valence-electron chi connectivity index (χ0n) is 22.6. The minimum absolute atomic E-state index is 0.0779. The summed E-state index contributed by atoms with van der Waals surface area (Å²) in [6, 6.07) is 13.9. The van der Waals surface area contributed by atoms with Crippen molar-refractivity contribution in [2.45, 2.75) is 77.9 Å². The number of esters is 1. The molecule has 0 bridgehead atoms. The number of carbonyl (C=O) groups is 2. The van der Waals surface area contributed by atoms with Gasteiger partial charge in [0.2, 0.25) is 0 Å². The highest BCUT2D eigenvalue weighted by Gasteiger charge is 2.57. The molecule has 2 fully saturated rings. The van der Waals surface area contributed by atoms with E-state index in [1.807, 2.05) is 84.0 Å². The number of ether oxygens (including phenoxy) is 3. The number of methoxy groups -OCH3 is 1. The fourth-order valence-electron chi connectivity index (χ4n) is 5.21. The van der Waals surface area contributed by atoms with E-state index in [4.69, 9.17) is 14.2 Å². The molecule has 6 nitrogen and oxygen atoms in total. The number of hydrogen-bond acceptors (Lipinski definition) is 5. The van der Waals surface area contributed by atoms with Gasteiger partial charge in [-0.15, -0.1) is 0 Å². The summed E-state index contributed by atoms with van der Waals surface area (Å²) in [4.78, 5) is 27.8. The van der Waals surface area contributed by atoms with Crippen LogP contribution in [0.4, 0.5) is 4.79 Å². The number of amides is 1. The first kappa shape index (κ1) is 26.1. The van der Waals surface area contributed by atoms with E-state index in [1.165, 1.54) is 0 Å². The smallest absolute Gasteiger partial charge is 0.410 e. The Morgan fingerprint density at radius 1 is 0.917 bits per heavy atom. The first-order chi connectivity index (χ1) is 16.8. The van der Waals surface area contributed by atoms with Crippen LogP contribution in [0.25, 0.3) is 11.1 Å².